The van der Waals surface area contributed by atoms with Gasteiger partial charge in [-0.1, -0.05) is 43.1 Å². The largest absolute Gasteiger partial charge is 0.354 e. The van der Waals surface area contributed by atoms with E-state index in [1.54, 1.807) is 6.07 Å². The van der Waals surface area contributed by atoms with E-state index in [4.69, 9.17) is 23.2 Å². The van der Waals surface area contributed by atoms with Crippen LogP contribution in [0, 0.1) is 5.92 Å². The average Bonchev–Trinajstić information content (AvgIpc) is 3.09. The zero-order valence-corrected chi connectivity index (χ0v) is 17.5. The number of carbonyl (C=O) groups excluding carboxylic acids is 2. The summed E-state index contributed by atoms with van der Waals surface area (Å²) in [6.45, 7) is 4.09. The molecule has 0 aliphatic rings. The van der Waals surface area contributed by atoms with Crippen LogP contribution in [-0.2, 0) is 11.2 Å². The first-order chi connectivity index (χ1) is 13.9. The number of carbonyl (C=O) groups is 2. The number of hydrogen-bond acceptors (Lipinski definition) is 4. The van der Waals surface area contributed by atoms with Crippen molar-refractivity contribution in [2.24, 2.45) is 5.92 Å². The van der Waals surface area contributed by atoms with Crippen LogP contribution < -0.4 is 10.6 Å². The van der Waals surface area contributed by atoms with Crippen LogP contribution in [0.1, 0.15) is 30.0 Å². The number of benzene rings is 1. The van der Waals surface area contributed by atoms with Crippen molar-refractivity contribution in [1.82, 2.24) is 25.2 Å². The number of halogens is 2. The number of nitrogens with one attached hydrogen (secondary N) is 2. The third kappa shape index (κ3) is 5.05. The van der Waals surface area contributed by atoms with Gasteiger partial charge in [0.25, 0.3) is 5.91 Å². The maximum atomic E-state index is 12.7. The lowest BCUT2D eigenvalue weighted by molar-refractivity contribution is -0.123. The highest BCUT2D eigenvalue weighted by molar-refractivity contribution is 6.36. The van der Waals surface area contributed by atoms with E-state index >= 15 is 0 Å². The van der Waals surface area contributed by atoms with Crippen molar-refractivity contribution >= 4 is 40.7 Å². The lowest BCUT2D eigenvalue weighted by Gasteiger charge is -2.22. The molecule has 0 saturated carbocycles. The van der Waals surface area contributed by atoms with Gasteiger partial charge in [0.2, 0.25) is 5.91 Å². The van der Waals surface area contributed by atoms with Crippen molar-refractivity contribution < 1.29 is 9.59 Å². The fourth-order valence-corrected chi connectivity index (χ4v) is 3.39. The molecule has 3 aromatic rings. The molecule has 2 N–H and O–H groups in total. The van der Waals surface area contributed by atoms with Gasteiger partial charge in [0, 0.05) is 24.2 Å². The maximum absolute atomic E-state index is 12.7. The molecule has 0 fully saturated rings. The van der Waals surface area contributed by atoms with E-state index < -0.39 is 11.9 Å². The highest BCUT2D eigenvalue weighted by atomic mass is 35.5. The molecule has 9 heteroatoms. The van der Waals surface area contributed by atoms with E-state index in [0.29, 0.717) is 18.0 Å². The molecule has 3 rings (SSSR count). The Hall–Kier alpha value is -2.64. The van der Waals surface area contributed by atoms with Gasteiger partial charge in [-0.2, -0.15) is 0 Å². The first-order valence-electron chi connectivity index (χ1n) is 9.19. The van der Waals surface area contributed by atoms with Crippen LogP contribution in [0.3, 0.4) is 0 Å². The quantitative estimate of drug-likeness (QED) is 0.598. The number of amides is 2. The lowest BCUT2D eigenvalue weighted by atomic mass is 10.0. The number of hydrogen-bond donors (Lipinski definition) is 2. The molecule has 0 aliphatic heterocycles. The van der Waals surface area contributed by atoms with E-state index in [-0.39, 0.29) is 22.4 Å². The molecule has 2 amide bonds. The van der Waals surface area contributed by atoms with Crippen LogP contribution in [-0.4, -0.2) is 39.0 Å². The second-order valence-corrected chi connectivity index (χ2v) is 7.75. The summed E-state index contributed by atoms with van der Waals surface area (Å²) in [5, 5.41) is 14.5. The van der Waals surface area contributed by atoms with Crippen LogP contribution in [0.15, 0.2) is 42.6 Å². The molecule has 1 aromatic carbocycles. The minimum absolute atomic E-state index is 0.112. The molecular weight excluding hydrogens is 413 g/mol. The molecule has 0 spiro atoms. The van der Waals surface area contributed by atoms with Crippen molar-refractivity contribution in [3.63, 3.8) is 0 Å². The number of rotatable bonds is 7. The molecular formula is C20H21Cl2N5O2. The third-order valence-electron chi connectivity index (χ3n) is 4.44. The van der Waals surface area contributed by atoms with Gasteiger partial charge in [0.05, 0.1) is 10.6 Å². The van der Waals surface area contributed by atoms with Gasteiger partial charge in [-0.3, -0.25) is 14.0 Å². The molecule has 0 aliphatic carbocycles. The van der Waals surface area contributed by atoms with Gasteiger partial charge in [-0.25, -0.2) is 0 Å². The van der Waals surface area contributed by atoms with Crippen molar-refractivity contribution in [2.75, 3.05) is 6.54 Å². The van der Waals surface area contributed by atoms with E-state index in [1.807, 2.05) is 42.6 Å². The monoisotopic (exact) mass is 433 g/mol. The van der Waals surface area contributed by atoms with Gasteiger partial charge in [0.1, 0.15) is 11.9 Å². The summed E-state index contributed by atoms with van der Waals surface area (Å²) in [5.41, 5.74) is 1.02. The van der Waals surface area contributed by atoms with E-state index in [1.165, 1.54) is 12.1 Å². The minimum atomic E-state index is -0.704. The van der Waals surface area contributed by atoms with Crippen LogP contribution in [0.2, 0.25) is 10.0 Å². The first kappa shape index (κ1) is 21.1. The van der Waals surface area contributed by atoms with Gasteiger partial charge >= 0.3 is 0 Å². The van der Waals surface area contributed by atoms with Crippen molar-refractivity contribution in [2.45, 2.75) is 26.3 Å². The van der Waals surface area contributed by atoms with Crippen molar-refractivity contribution in [3.8, 4) is 0 Å². The fraction of sp³-hybridized carbons (Fsp3) is 0.300. The van der Waals surface area contributed by atoms with Crippen LogP contribution >= 0.6 is 23.2 Å². The van der Waals surface area contributed by atoms with E-state index in [9.17, 15) is 9.59 Å². The second kappa shape index (κ2) is 9.24. The highest BCUT2D eigenvalue weighted by Crippen LogP contribution is 2.21. The Bertz CT molecular complexity index is 1030. The smallest absolute Gasteiger partial charge is 0.253 e. The summed E-state index contributed by atoms with van der Waals surface area (Å²) in [6.07, 6.45) is 2.39. The molecule has 7 nitrogen and oxygen atoms in total. The molecule has 2 heterocycles. The Morgan fingerprint density at radius 1 is 1.14 bits per heavy atom. The van der Waals surface area contributed by atoms with Gasteiger partial charge in [0.15, 0.2) is 5.65 Å². The Balaban J connectivity index is 1.61. The number of pyridine rings is 1. The average molecular weight is 434 g/mol. The molecule has 1 atom stereocenters. The van der Waals surface area contributed by atoms with Crippen LogP contribution in [0.25, 0.3) is 5.65 Å². The summed E-state index contributed by atoms with van der Waals surface area (Å²) in [6, 6.07) is 9.54. The highest BCUT2D eigenvalue weighted by Gasteiger charge is 2.25. The fourth-order valence-electron chi connectivity index (χ4n) is 2.90. The van der Waals surface area contributed by atoms with E-state index in [2.05, 4.69) is 20.8 Å². The molecule has 0 bridgehead atoms. The maximum Gasteiger partial charge on any atom is 0.253 e. The normalized spacial score (nSPS) is 12.2. The van der Waals surface area contributed by atoms with Gasteiger partial charge < -0.3 is 10.6 Å². The number of nitrogens with zero attached hydrogens (tertiary/aromatic N) is 3. The molecule has 0 radical (unpaired) electrons. The Labute approximate surface area is 178 Å². The Morgan fingerprint density at radius 3 is 2.66 bits per heavy atom. The zero-order valence-electron chi connectivity index (χ0n) is 16.0. The summed E-state index contributed by atoms with van der Waals surface area (Å²) in [5.74, 6) is -0.0610. The summed E-state index contributed by atoms with van der Waals surface area (Å²) in [7, 11) is 0. The lowest BCUT2D eigenvalue weighted by Crippen LogP contribution is -2.50. The summed E-state index contributed by atoms with van der Waals surface area (Å²) >= 11 is 12.0. The minimum Gasteiger partial charge on any atom is -0.354 e. The summed E-state index contributed by atoms with van der Waals surface area (Å²) in [4.78, 5) is 25.2. The van der Waals surface area contributed by atoms with Crippen molar-refractivity contribution in [3.05, 3.63) is 64.0 Å². The standard InChI is InChI=1S/C20H21Cl2N5O2/c1-12(2)18(24-19(28)14-7-6-13(21)11-15(14)22)20(29)23-9-8-17-26-25-16-5-3-4-10-27(16)17/h3-7,10-12,18H,8-9H2,1-2H3,(H,23,29)(H,24,28)/t18-/m0/s1. The number of aromatic nitrogens is 3. The zero-order chi connectivity index (χ0) is 21.0. The van der Waals surface area contributed by atoms with Gasteiger partial charge in [-0.05, 0) is 36.2 Å². The summed E-state index contributed by atoms with van der Waals surface area (Å²) < 4.78 is 1.87. The second-order valence-electron chi connectivity index (χ2n) is 6.91. The predicted molar refractivity (Wildman–Crippen MR) is 112 cm³/mol. The molecule has 0 unspecified atom stereocenters. The first-order valence-corrected chi connectivity index (χ1v) is 9.94. The molecule has 29 heavy (non-hydrogen) atoms. The third-order valence-corrected chi connectivity index (χ3v) is 4.99. The van der Waals surface area contributed by atoms with Crippen molar-refractivity contribution in [1.29, 1.82) is 0 Å². The predicted octanol–water partition coefficient (Wildman–Crippen LogP) is 3.15. The SMILES string of the molecule is CC(C)[C@H](NC(=O)c1ccc(Cl)cc1Cl)C(=O)NCCc1nnc2ccccn12. The molecule has 0 saturated heterocycles. The van der Waals surface area contributed by atoms with Gasteiger partial charge in [-0.15, -0.1) is 10.2 Å². The molecule has 152 valence electrons. The number of fused-ring (bicyclic) bond motifs is 1. The Morgan fingerprint density at radius 2 is 1.93 bits per heavy atom. The topological polar surface area (TPSA) is 88.4 Å². The molecule has 2 aromatic heterocycles. The van der Waals surface area contributed by atoms with E-state index in [0.717, 1.165) is 11.5 Å². The van der Waals surface area contributed by atoms with Crippen LogP contribution in [0.4, 0.5) is 0 Å². The Kier molecular flexibility index (Phi) is 6.71. The van der Waals surface area contributed by atoms with Crippen LogP contribution in [0.5, 0.6) is 0 Å².